The van der Waals surface area contributed by atoms with E-state index in [1.807, 2.05) is 0 Å². The second-order valence-electron chi connectivity index (χ2n) is 31.1. The Balaban J connectivity index is 0.737. The fourth-order valence-corrected chi connectivity index (χ4v) is 24.6. The van der Waals surface area contributed by atoms with E-state index in [9.17, 15) is 0 Å². The molecule has 0 radical (unpaired) electrons. The molecule has 0 amide bonds. The van der Waals surface area contributed by atoms with Gasteiger partial charge in [-0.1, -0.05) is 327 Å². The molecule has 5 aromatic heterocycles. The van der Waals surface area contributed by atoms with Crippen molar-refractivity contribution in [2.45, 2.75) is 19.3 Å². The molecule has 7 nitrogen and oxygen atoms in total. The minimum Gasteiger partial charge on any atom is -0.309 e. The summed E-state index contributed by atoms with van der Waals surface area (Å²) in [5, 5.41) is 14.6. The van der Waals surface area contributed by atoms with Crippen LogP contribution in [-0.2, 0) is 5.41 Å². The topological polar surface area (TPSA) is 58.4 Å². The van der Waals surface area contributed by atoms with Crippen LogP contribution >= 0.6 is 0 Å². The molecule has 0 bridgehead atoms. The molecule has 0 saturated heterocycles. The lowest BCUT2D eigenvalue weighted by Gasteiger charge is -2.35. The van der Waals surface area contributed by atoms with Gasteiger partial charge in [0.2, 0.25) is 11.9 Å². The molecule has 0 fully saturated rings. The van der Waals surface area contributed by atoms with Gasteiger partial charge in [-0.15, -0.1) is 0 Å². The molecular weight excluding hydrogens is 1420 g/mol. The van der Waals surface area contributed by atoms with Crippen molar-refractivity contribution in [2.24, 2.45) is 0 Å². The number of hydrogen-bond acceptors (Lipinski definition) is 3. The summed E-state index contributed by atoms with van der Waals surface area (Å²) in [5.41, 5.74) is 25.1. The summed E-state index contributed by atoms with van der Waals surface area (Å²) in [4.78, 5) is 16.6. The molecule has 0 saturated carbocycles. The van der Waals surface area contributed by atoms with Gasteiger partial charge in [0.15, 0.2) is 13.9 Å². The monoisotopic (exact) mass is 1500 g/mol. The summed E-state index contributed by atoms with van der Waals surface area (Å²) < 4.78 is 9.39. The van der Waals surface area contributed by atoms with Crippen molar-refractivity contribution in [2.75, 3.05) is 0 Å². The molecule has 23 rings (SSSR count). The smallest absolute Gasteiger partial charge is 0.240 e. The minimum absolute atomic E-state index is 0.537. The van der Waals surface area contributed by atoms with Crippen molar-refractivity contribution in [3.8, 4) is 68.0 Å². The summed E-state index contributed by atoms with van der Waals surface area (Å²) >= 11 is 0. The summed E-state index contributed by atoms with van der Waals surface area (Å²) in [5.74, 6) is 1.64. The Morgan fingerprint density at radius 1 is 0.224 bits per heavy atom. The van der Waals surface area contributed by atoms with Crippen molar-refractivity contribution < 1.29 is 0 Å². The van der Waals surface area contributed by atoms with Crippen LogP contribution in [0.3, 0.4) is 0 Å². The zero-order valence-electron chi connectivity index (χ0n) is 63.8. The molecule has 22 aromatic rings. The third kappa shape index (κ3) is 10.1. The molecule has 0 atom stereocenters. The van der Waals surface area contributed by atoms with Crippen LogP contribution in [0.15, 0.2) is 406 Å². The van der Waals surface area contributed by atoms with Gasteiger partial charge >= 0.3 is 0 Å². The van der Waals surface area contributed by atoms with Crippen molar-refractivity contribution >= 4 is 116 Å². The van der Waals surface area contributed by atoms with Gasteiger partial charge in [-0.2, -0.15) is 15.0 Å². The van der Waals surface area contributed by atoms with Crippen molar-refractivity contribution in [3.05, 3.63) is 440 Å². The van der Waals surface area contributed by atoms with Gasteiger partial charge in [-0.3, -0.25) is 9.13 Å². The third-order valence-electron chi connectivity index (χ3n) is 24.7. The first-order valence-corrected chi connectivity index (χ1v) is 42.0. The number of aryl methyl sites for hydroxylation is 2. The maximum absolute atomic E-state index is 5.55. The van der Waals surface area contributed by atoms with Crippen LogP contribution in [0, 0.1) is 13.8 Å². The Hall–Kier alpha value is -14.8. The Morgan fingerprint density at radius 3 is 1.02 bits per heavy atom. The van der Waals surface area contributed by atoms with Gasteiger partial charge in [0, 0.05) is 60.0 Å². The van der Waals surface area contributed by atoms with Gasteiger partial charge in [0.1, 0.15) is 0 Å². The maximum Gasteiger partial charge on any atom is 0.240 e. The number of hydrogen-bond donors (Lipinski definition) is 0. The van der Waals surface area contributed by atoms with E-state index < -0.39 is 13.5 Å². The predicted molar refractivity (Wildman–Crippen MR) is 484 cm³/mol. The highest BCUT2D eigenvalue weighted by atomic mass is 28.3. The fourth-order valence-electron chi connectivity index (χ4n) is 19.8. The molecule has 17 aromatic carbocycles. The van der Waals surface area contributed by atoms with E-state index in [0.29, 0.717) is 17.7 Å². The van der Waals surface area contributed by atoms with E-state index in [4.69, 9.17) is 15.0 Å². The number of benzene rings is 17. The molecule has 0 spiro atoms. The molecule has 1 aliphatic carbocycles. The molecule has 544 valence electrons. The van der Waals surface area contributed by atoms with Crippen LogP contribution in [-0.4, -0.2) is 41.3 Å². The Labute approximate surface area is 671 Å². The number of rotatable bonds is 13. The lowest BCUT2D eigenvalue weighted by atomic mass is 9.67. The largest absolute Gasteiger partial charge is 0.309 e. The normalized spacial score (nSPS) is 12.6. The van der Waals surface area contributed by atoms with Crippen LogP contribution in [0.1, 0.15) is 33.4 Å². The highest BCUT2D eigenvalue weighted by Crippen LogP contribution is 2.58. The summed E-state index contributed by atoms with van der Waals surface area (Å²) in [7, 11) is -3.22. The van der Waals surface area contributed by atoms with Gasteiger partial charge < -0.3 is 9.13 Å². The fraction of sp³-hybridized carbons (Fsp3) is 0.0278. The number of para-hydroxylation sites is 7. The number of aromatic nitrogens is 7. The summed E-state index contributed by atoms with van der Waals surface area (Å²) in [6.45, 7) is 4.45. The number of fused-ring (bicyclic) bond motifs is 15. The van der Waals surface area contributed by atoms with Crippen LogP contribution in [0.5, 0.6) is 0 Å². The lowest BCUT2D eigenvalue weighted by Crippen LogP contribution is -2.74. The number of nitrogens with zero attached hydrogens (tertiary/aromatic N) is 7. The van der Waals surface area contributed by atoms with Gasteiger partial charge in [-0.25, -0.2) is 0 Å². The summed E-state index contributed by atoms with van der Waals surface area (Å²) in [6, 6.07) is 152. The first kappa shape index (κ1) is 66.9. The van der Waals surface area contributed by atoms with Crippen molar-refractivity contribution in [3.63, 3.8) is 0 Å². The van der Waals surface area contributed by atoms with E-state index in [1.54, 1.807) is 0 Å². The van der Waals surface area contributed by atoms with Gasteiger partial charge in [-0.05, 0) is 181 Å². The quantitative estimate of drug-likeness (QED) is 0.0854. The second-order valence-corrected chi connectivity index (χ2v) is 34.9. The van der Waals surface area contributed by atoms with Crippen LogP contribution < -0.4 is 20.7 Å². The molecule has 0 aliphatic heterocycles. The first-order valence-electron chi connectivity index (χ1n) is 40.0. The van der Waals surface area contributed by atoms with Gasteiger partial charge in [0.25, 0.3) is 0 Å². The third-order valence-corrected chi connectivity index (χ3v) is 29.5. The summed E-state index contributed by atoms with van der Waals surface area (Å²) in [6.07, 6.45) is 0. The van der Waals surface area contributed by atoms with E-state index in [-0.39, 0.29) is 0 Å². The SMILES string of the molecule is Cc1ccc2c(c1)-c1cc(C)ccc1C2(c1cccc(-c2cccc(-c3nc(-n4c5ccccc5c5ccccc54)nc(-n4c5ccccc5c5ccccc54)n3)c2)c1)c1cccc(-c2cc(-n3c4ccccc4c4cc(-n5c6ccccc6c6ccccc65)ccc43)cc([Si](c3ccccc3)(c3ccccc3)c3ccccc3)c2)c1. The van der Waals surface area contributed by atoms with E-state index in [2.05, 4.69) is 439 Å². The van der Waals surface area contributed by atoms with Crippen LogP contribution in [0.4, 0.5) is 0 Å². The van der Waals surface area contributed by atoms with Gasteiger partial charge in [0.05, 0.1) is 49.5 Å². The van der Waals surface area contributed by atoms with E-state index in [0.717, 1.165) is 99.4 Å². The van der Waals surface area contributed by atoms with E-state index >= 15 is 0 Å². The second kappa shape index (κ2) is 26.4. The highest BCUT2D eigenvalue weighted by molar-refractivity contribution is 7.20. The minimum atomic E-state index is -3.22. The molecule has 1 aliphatic rings. The van der Waals surface area contributed by atoms with Crippen LogP contribution in [0.2, 0.25) is 0 Å². The predicted octanol–water partition coefficient (Wildman–Crippen LogP) is 23.6. The average Bonchev–Trinajstić information content (AvgIpc) is 1.53. The standard InChI is InChI=1S/C108H73N7Si/c1-70-55-58-95-92(61-70)93-62-71(2)56-59-96(93)108(95,77-33-27-30-73(64-77)72-29-26-32-75(63-72)105-109-106(114-100-51-22-14-43-87(100)88-44-15-23-52-101(88)114)111-107(110-105)115-102-53-24-16-45-89(102)90-46-17-25-54-103(90)115)78-34-28-31-74(65-78)76-66-80(68-84(67-76)116(81-35-6-3-7-36-81,82-37-8-4-9-38-82)83-39-10-5-11-40-83)113-99-50-21-18-47-91(99)94-69-79(57-60-104(94)113)112-97-48-19-12-41-85(97)86-42-13-20-49-98(86)112/h3-69H,1-2H3. The Kier molecular flexibility index (Phi) is 15.2. The molecule has 5 heterocycles. The zero-order chi connectivity index (χ0) is 76.7. The van der Waals surface area contributed by atoms with E-state index in [1.165, 1.54) is 92.3 Å². The Bertz CT molecular complexity index is 7320. The Morgan fingerprint density at radius 2 is 0.578 bits per heavy atom. The lowest BCUT2D eigenvalue weighted by molar-refractivity contribution is 0.768. The average molecular weight is 1500 g/mol. The molecule has 0 unspecified atom stereocenters. The highest BCUT2D eigenvalue weighted by Gasteiger charge is 2.47. The molecular formula is C108H73N7Si. The molecule has 116 heavy (non-hydrogen) atoms. The zero-order valence-corrected chi connectivity index (χ0v) is 64.8. The molecule has 0 N–H and O–H groups in total. The molecule has 8 heteroatoms. The maximum atomic E-state index is 5.55. The van der Waals surface area contributed by atoms with Crippen LogP contribution in [0.25, 0.3) is 155 Å². The van der Waals surface area contributed by atoms with Crippen molar-refractivity contribution in [1.82, 2.24) is 33.2 Å². The first-order chi connectivity index (χ1) is 57.3. The van der Waals surface area contributed by atoms with Crippen molar-refractivity contribution in [1.29, 1.82) is 0 Å².